The highest BCUT2D eigenvalue weighted by Gasteiger charge is 2.26. The summed E-state index contributed by atoms with van der Waals surface area (Å²) in [5.41, 5.74) is 3.01. The Morgan fingerprint density at radius 3 is 2.71 bits per heavy atom. The van der Waals surface area contributed by atoms with Gasteiger partial charge in [-0.2, -0.15) is 0 Å². The number of piperidine rings is 1. The lowest BCUT2D eigenvalue weighted by Crippen LogP contribution is -2.38. The molecule has 0 radical (unpaired) electrons. The number of carbonyl (C=O) groups excluding carboxylic acids is 1. The summed E-state index contributed by atoms with van der Waals surface area (Å²) in [6.45, 7) is 5.14. The normalized spacial score (nSPS) is 17.7. The van der Waals surface area contributed by atoms with Gasteiger partial charge in [-0.25, -0.2) is 13.1 Å². The van der Waals surface area contributed by atoms with Crippen LogP contribution in [0.4, 0.5) is 5.69 Å². The SMILES string of the molecule is Cc1ccccc1CN1CCC(CNS(=O)(=O)c2cc3c(cc2Cl)NC(=O)CO3)CC1. The zero-order chi connectivity index (χ0) is 22.0. The van der Waals surface area contributed by atoms with Crippen molar-refractivity contribution in [1.82, 2.24) is 9.62 Å². The molecule has 1 saturated heterocycles. The number of hydrogen-bond donors (Lipinski definition) is 2. The number of carbonyl (C=O) groups is 1. The predicted octanol–water partition coefficient (Wildman–Crippen LogP) is 3.17. The molecule has 2 aromatic rings. The van der Waals surface area contributed by atoms with Crippen LogP contribution in [0.1, 0.15) is 24.0 Å². The molecule has 2 heterocycles. The number of hydrogen-bond acceptors (Lipinski definition) is 5. The lowest BCUT2D eigenvalue weighted by molar-refractivity contribution is -0.118. The Morgan fingerprint density at radius 2 is 1.97 bits per heavy atom. The number of benzene rings is 2. The van der Waals surface area contributed by atoms with Crippen molar-refractivity contribution >= 4 is 33.2 Å². The number of nitrogens with one attached hydrogen (secondary N) is 2. The molecule has 0 saturated carbocycles. The van der Waals surface area contributed by atoms with Crippen LogP contribution in [0, 0.1) is 12.8 Å². The molecule has 2 aliphatic rings. The molecule has 0 spiro atoms. The van der Waals surface area contributed by atoms with Crippen molar-refractivity contribution in [2.24, 2.45) is 5.92 Å². The number of sulfonamides is 1. The van der Waals surface area contributed by atoms with Gasteiger partial charge in [0.05, 0.1) is 10.7 Å². The molecule has 9 heteroatoms. The van der Waals surface area contributed by atoms with Crippen LogP contribution in [0.2, 0.25) is 5.02 Å². The number of aryl methyl sites for hydroxylation is 1. The van der Waals surface area contributed by atoms with Gasteiger partial charge in [-0.05, 0) is 56.0 Å². The summed E-state index contributed by atoms with van der Waals surface area (Å²) in [6, 6.07) is 11.2. The van der Waals surface area contributed by atoms with Crippen molar-refractivity contribution in [1.29, 1.82) is 0 Å². The number of ether oxygens (including phenoxy) is 1. The molecule has 0 unspecified atom stereocenters. The van der Waals surface area contributed by atoms with Crippen LogP contribution in [0.15, 0.2) is 41.3 Å². The second-order valence-corrected chi connectivity index (χ2v) is 10.3. The minimum atomic E-state index is -3.79. The van der Waals surface area contributed by atoms with Gasteiger partial charge in [0.1, 0.15) is 10.6 Å². The van der Waals surface area contributed by atoms with Crippen LogP contribution < -0.4 is 14.8 Å². The number of likely N-dealkylation sites (tertiary alicyclic amines) is 1. The van der Waals surface area contributed by atoms with E-state index in [4.69, 9.17) is 16.3 Å². The van der Waals surface area contributed by atoms with Crippen LogP contribution in [0.3, 0.4) is 0 Å². The highest BCUT2D eigenvalue weighted by molar-refractivity contribution is 7.89. The van der Waals surface area contributed by atoms with Crippen LogP contribution in [0.25, 0.3) is 0 Å². The molecule has 0 atom stereocenters. The Hall–Kier alpha value is -2.13. The predicted molar refractivity (Wildman–Crippen MR) is 120 cm³/mol. The van der Waals surface area contributed by atoms with Gasteiger partial charge in [0, 0.05) is 19.2 Å². The molecule has 0 bridgehead atoms. The maximum atomic E-state index is 12.8. The third-order valence-corrected chi connectivity index (χ3v) is 7.77. The van der Waals surface area contributed by atoms with Crippen LogP contribution in [-0.2, 0) is 21.4 Å². The van der Waals surface area contributed by atoms with E-state index in [-0.39, 0.29) is 28.4 Å². The summed E-state index contributed by atoms with van der Waals surface area (Å²) in [4.78, 5) is 13.8. The average Bonchev–Trinajstić information content (AvgIpc) is 2.74. The minimum Gasteiger partial charge on any atom is -0.482 e. The Balaban J connectivity index is 1.33. The Bertz CT molecular complexity index is 1080. The standard InChI is InChI=1S/C22H26ClN3O4S/c1-15-4-2-3-5-17(15)13-26-8-6-16(7-9-26)12-24-31(28,29)21-11-20-19(10-18(21)23)25-22(27)14-30-20/h2-5,10-11,16,24H,6-9,12-14H2,1H3,(H,25,27). The van der Waals surface area contributed by atoms with E-state index in [1.165, 1.54) is 23.3 Å². The first-order chi connectivity index (χ1) is 14.8. The van der Waals surface area contributed by atoms with Crippen molar-refractivity contribution in [3.8, 4) is 5.75 Å². The maximum Gasteiger partial charge on any atom is 0.262 e. The van der Waals surface area contributed by atoms with Crippen LogP contribution in [-0.4, -0.2) is 45.5 Å². The molecular formula is C22H26ClN3O4S. The molecule has 7 nitrogen and oxygen atoms in total. The number of amides is 1. The Labute approximate surface area is 187 Å². The molecule has 1 fully saturated rings. The molecule has 2 aliphatic heterocycles. The molecule has 4 rings (SSSR count). The number of fused-ring (bicyclic) bond motifs is 1. The topological polar surface area (TPSA) is 87.7 Å². The number of nitrogens with zero attached hydrogens (tertiary/aromatic N) is 1. The summed E-state index contributed by atoms with van der Waals surface area (Å²) in [5, 5.41) is 2.67. The molecule has 0 aromatic heterocycles. The quantitative estimate of drug-likeness (QED) is 0.687. The Morgan fingerprint density at radius 1 is 1.23 bits per heavy atom. The van der Waals surface area contributed by atoms with Gasteiger partial charge in [-0.3, -0.25) is 9.69 Å². The van der Waals surface area contributed by atoms with Crippen molar-refractivity contribution in [3.05, 3.63) is 52.5 Å². The number of halogens is 1. The van der Waals surface area contributed by atoms with Crippen molar-refractivity contribution in [3.63, 3.8) is 0 Å². The van der Waals surface area contributed by atoms with E-state index in [2.05, 4.69) is 40.1 Å². The van der Waals surface area contributed by atoms with Gasteiger partial charge in [0.25, 0.3) is 5.91 Å². The van der Waals surface area contributed by atoms with Gasteiger partial charge < -0.3 is 10.1 Å². The average molecular weight is 464 g/mol. The smallest absolute Gasteiger partial charge is 0.262 e. The van der Waals surface area contributed by atoms with Crippen molar-refractivity contribution < 1.29 is 17.9 Å². The number of rotatable bonds is 6. The summed E-state index contributed by atoms with van der Waals surface area (Å²) in [7, 11) is -3.79. The van der Waals surface area contributed by atoms with E-state index in [0.29, 0.717) is 18.0 Å². The molecule has 166 valence electrons. The Kier molecular flexibility index (Phi) is 6.52. The van der Waals surface area contributed by atoms with E-state index < -0.39 is 10.0 Å². The first-order valence-corrected chi connectivity index (χ1v) is 12.2. The maximum absolute atomic E-state index is 12.8. The van der Waals surface area contributed by atoms with Crippen LogP contribution >= 0.6 is 11.6 Å². The summed E-state index contributed by atoms with van der Waals surface area (Å²) in [6.07, 6.45) is 1.86. The number of anilines is 1. The van der Waals surface area contributed by atoms with E-state index in [9.17, 15) is 13.2 Å². The van der Waals surface area contributed by atoms with Gasteiger partial charge in [0.2, 0.25) is 10.0 Å². The van der Waals surface area contributed by atoms with Crippen LogP contribution in [0.5, 0.6) is 5.75 Å². The minimum absolute atomic E-state index is 0.0407. The lowest BCUT2D eigenvalue weighted by atomic mass is 9.96. The van der Waals surface area contributed by atoms with E-state index in [1.54, 1.807) is 0 Å². The third-order valence-electron chi connectivity index (χ3n) is 5.88. The van der Waals surface area contributed by atoms with Crippen molar-refractivity contribution in [2.75, 3.05) is 31.6 Å². The molecule has 2 N–H and O–H groups in total. The van der Waals surface area contributed by atoms with Crippen molar-refractivity contribution in [2.45, 2.75) is 31.2 Å². The second-order valence-electron chi connectivity index (χ2n) is 8.11. The monoisotopic (exact) mass is 463 g/mol. The first kappa shape index (κ1) is 22.1. The summed E-state index contributed by atoms with van der Waals surface area (Å²) >= 11 is 6.19. The lowest BCUT2D eigenvalue weighted by Gasteiger charge is -2.32. The molecule has 0 aliphatic carbocycles. The summed E-state index contributed by atoms with van der Waals surface area (Å²) < 4.78 is 33.7. The molecular weight excluding hydrogens is 438 g/mol. The molecule has 1 amide bonds. The fourth-order valence-electron chi connectivity index (χ4n) is 3.97. The molecule has 2 aromatic carbocycles. The fourth-order valence-corrected chi connectivity index (χ4v) is 5.63. The van der Waals surface area contributed by atoms with E-state index in [0.717, 1.165) is 32.5 Å². The van der Waals surface area contributed by atoms with Gasteiger partial charge >= 0.3 is 0 Å². The third kappa shape index (κ3) is 5.20. The zero-order valence-corrected chi connectivity index (χ0v) is 18.9. The van der Waals surface area contributed by atoms with Gasteiger partial charge in [-0.1, -0.05) is 35.9 Å². The summed E-state index contributed by atoms with van der Waals surface area (Å²) in [5.74, 6) is 0.273. The largest absolute Gasteiger partial charge is 0.482 e. The van der Waals surface area contributed by atoms with E-state index >= 15 is 0 Å². The first-order valence-electron chi connectivity index (χ1n) is 10.3. The van der Waals surface area contributed by atoms with E-state index in [1.807, 2.05) is 6.07 Å². The highest BCUT2D eigenvalue weighted by atomic mass is 35.5. The zero-order valence-electron chi connectivity index (χ0n) is 17.4. The highest BCUT2D eigenvalue weighted by Crippen LogP contribution is 2.35. The fraction of sp³-hybridized carbons (Fsp3) is 0.409. The second kappa shape index (κ2) is 9.16. The van der Waals surface area contributed by atoms with Gasteiger partial charge in [-0.15, -0.1) is 0 Å². The van der Waals surface area contributed by atoms with Gasteiger partial charge in [0.15, 0.2) is 6.61 Å². The molecule has 31 heavy (non-hydrogen) atoms.